The third kappa shape index (κ3) is 11.6. The number of nitrogens with one attached hydrogen (secondary N) is 2. The first-order chi connectivity index (χ1) is 52.3. The Bertz CT molecular complexity index is 4620. The highest BCUT2D eigenvalue weighted by atomic mass is 19.4. The van der Waals surface area contributed by atoms with E-state index in [1.165, 1.54) is 0 Å². The molecule has 0 aliphatic heterocycles. The van der Waals surface area contributed by atoms with Crippen molar-refractivity contribution in [3.8, 4) is 6.07 Å². The van der Waals surface area contributed by atoms with Gasteiger partial charge < -0.3 is 25.0 Å². The molecule has 21 atom stereocenters. The molecular weight excluding hydrogens is 1430 g/mol. The fourth-order valence-corrected chi connectivity index (χ4v) is 30.5. The highest BCUT2D eigenvalue weighted by molar-refractivity contribution is 6.05. The fraction of sp³-hybridized carbons (Fsp3) is 0.753. The Morgan fingerprint density at radius 2 is 0.711 bits per heavy atom. The van der Waals surface area contributed by atoms with Gasteiger partial charge in [0, 0.05) is 56.8 Å². The number of fused-ring (bicyclic) bond motifs is 21. The number of alkyl halides is 3. The number of rotatable bonds is 4. The average Bonchev–Trinajstić information content (AvgIpc) is 0.678. The number of Topliss-reactive ketones (excluding diaryl/α,β-unsaturated/α-hetero) is 3. The second-order valence-electron chi connectivity index (χ2n) is 45.4. The highest BCUT2D eigenvalue weighted by Crippen LogP contribution is 2.79. The summed E-state index contributed by atoms with van der Waals surface area (Å²) in [4.78, 5) is 121. The van der Waals surface area contributed by atoms with Crippen LogP contribution in [-0.4, -0.2) is 65.8 Å². The zero-order chi connectivity index (χ0) is 84.5. The molecule has 616 valence electrons. The van der Waals surface area contributed by atoms with Crippen LogP contribution in [0.2, 0.25) is 0 Å². The van der Waals surface area contributed by atoms with Gasteiger partial charge in [0.15, 0.2) is 34.7 Å². The van der Waals surface area contributed by atoms with Gasteiger partial charge in [-0.2, -0.15) is 18.4 Å². The van der Waals surface area contributed by atoms with E-state index in [1.54, 1.807) is 12.2 Å². The monoisotopic (exact) mass is 1560 g/mol. The quantitative estimate of drug-likeness (QED) is 0.257. The standard InChI is InChI=1S/C33H43F3N2O3.C33H46N2O3.C31H40N2O2/c1-27(2)11-13-32(26(41)38-18-33(34,35)36)14-12-31(7)24(19(32)16-27)21(39)15-23-29(5)17-20(37-8)25(40)28(3,4)22(29)9-10-30(23,31)6;1-10-35-27(38)33-15-13-28(2,3)18-20(33)25-22(36)17-24-30(6)19-21(34-9)26(37)29(4,5)23(30)11-12-31(24,7)32(25,8)14-16-33;1-26(2)11-13-31(18-32)14-12-30(7)24(19(31)16-26)21(34)15-23-28(5)17-20(33-8)25(35)27(3,4)22(28)9-10-29(23,30)6/h15,17,19,22,24H,9-14,16,18H2,1-7H3,(H,38,41);17,19-20,23,25H,10-16,18H2,1-8H3,(H,35,38);15,17,19,22,24H,9-14,16H2,1-7H3/t19-,22-,24-,29-,30+,31+,32-;20-,23-,25-,30-,31+,32+,33-;19-,22-,24-,28-,29+,30+,31+/m000/s1. The summed E-state index contributed by atoms with van der Waals surface area (Å²) in [6, 6.07) is 2.74. The van der Waals surface area contributed by atoms with Gasteiger partial charge in [-0.15, -0.1) is 0 Å². The van der Waals surface area contributed by atoms with Gasteiger partial charge in [0.1, 0.15) is 6.54 Å². The summed E-state index contributed by atoms with van der Waals surface area (Å²) in [5, 5.41) is 15.8. The molecule has 0 bridgehead atoms. The molecule has 9 saturated carbocycles. The molecule has 0 aromatic rings. The molecule has 9 fully saturated rings. The first-order valence-corrected chi connectivity index (χ1v) is 43.1. The normalized spacial score (nSPS) is 44.9. The van der Waals surface area contributed by atoms with Crippen LogP contribution >= 0.6 is 0 Å². The molecule has 0 aromatic heterocycles. The Hall–Kier alpha value is -6.85. The van der Waals surface area contributed by atoms with Gasteiger partial charge in [0.2, 0.25) is 28.9 Å². The summed E-state index contributed by atoms with van der Waals surface area (Å²) in [5.41, 5.74) is -3.68. The van der Waals surface area contributed by atoms with Crippen molar-refractivity contribution in [1.82, 2.24) is 10.6 Å². The topological polar surface area (TPSA) is 197 Å². The minimum atomic E-state index is -4.51. The van der Waals surface area contributed by atoms with Crippen molar-refractivity contribution in [3.05, 3.63) is 105 Å². The van der Waals surface area contributed by atoms with E-state index < -0.39 is 84.1 Å². The maximum atomic E-state index is 14.5. The lowest BCUT2D eigenvalue weighted by molar-refractivity contribution is -0.181. The first kappa shape index (κ1) is 85.0. The van der Waals surface area contributed by atoms with Gasteiger partial charge in [0.05, 0.1) is 42.0 Å². The number of ketones is 6. The Labute approximate surface area is 678 Å². The van der Waals surface area contributed by atoms with E-state index in [1.807, 2.05) is 72.8 Å². The Kier molecular flexibility index (Phi) is 19.6. The lowest BCUT2D eigenvalue weighted by Crippen LogP contribution is -2.66. The van der Waals surface area contributed by atoms with Crippen molar-refractivity contribution in [2.45, 2.75) is 293 Å². The van der Waals surface area contributed by atoms with Gasteiger partial charge in [0.25, 0.3) is 0 Å². The number of nitrogens with zero attached hydrogens (tertiary/aromatic N) is 4. The summed E-state index contributed by atoms with van der Waals surface area (Å²) < 4.78 is 39.4. The number of carbonyl (C=O) groups excluding carboxylic acids is 8. The average molecular weight is 1560 g/mol. The molecule has 17 heteroatoms. The largest absolute Gasteiger partial charge is 0.405 e. The minimum absolute atomic E-state index is 0.0166. The van der Waals surface area contributed by atoms with Gasteiger partial charge in [-0.05, 0) is 244 Å². The molecule has 0 saturated heterocycles. The third-order valence-corrected chi connectivity index (χ3v) is 37.4. The predicted octanol–water partition coefficient (Wildman–Crippen LogP) is 21.0. The molecular formula is C97H129F3N6O8. The molecule has 0 radical (unpaired) electrons. The number of hydrogen-bond acceptors (Lipinski definition) is 9. The lowest BCUT2D eigenvalue weighted by atomic mass is 9.34. The molecule has 2 N–H and O–H groups in total. The van der Waals surface area contributed by atoms with Crippen LogP contribution in [0.1, 0.15) is 287 Å². The van der Waals surface area contributed by atoms with Crippen molar-refractivity contribution < 1.29 is 51.5 Å². The molecule has 114 heavy (non-hydrogen) atoms. The van der Waals surface area contributed by atoms with Crippen LogP contribution in [0, 0.1) is 182 Å². The van der Waals surface area contributed by atoms with E-state index in [0.717, 1.165) is 119 Å². The van der Waals surface area contributed by atoms with Crippen molar-refractivity contribution in [3.63, 3.8) is 0 Å². The molecule has 0 heterocycles. The smallest absolute Gasteiger partial charge is 0.356 e. The zero-order valence-electron chi connectivity index (χ0n) is 72.6. The number of halogens is 3. The van der Waals surface area contributed by atoms with Crippen molar-refractivity contribution in [1.29, 1.82) is 5.26 Å². The number of carbonyl (C=O) groups is 8. The van der Waals surface area contributed by atoms with Crippen molar-refractivity contribution in [2.75, 3.05) is 13.1 Å². The maximum Gasteiger partial charge on any atom is 0.405 e. The minimum Gasteiger partial charge on any atom is -0.356 e. The van der Waals surface area contributed by atoms with Crippen LogP contribution in [-0.2, 0) is 38.4 Å². The molecule has 15 aliphatic carbocycles. The number of nitriles is 1. The van der Waals surface area contributed by atoms with Crippen LogP contribution in [0.4, 0.5) is 13.2 Å². The number of hydrogen-bond donors (Lipinski definition) is 2. The van der Waals surface area contributed by atoms with Crippen LogP contribution in [0.3, 0.4) is 0 Å². The first-order valence-electron chi connectivity index (χ1n) is 43.1. The molecule has 14 nitrogen and oxygen atoms in total. The Balaban J connectivity index is 0.000000150. The van der Waals surface area contributed by atoms with E-state index >= 15 is 0 Å². The van der Waals surface area contributed by atoms with Crippen molar-refractivity contribution >= 4 is 46.5 Å². The molecule has 0 unspecified atom stereocenters. The summed E-state index contributed by atoms with van der Waals surface area (Å²) in [6.45, 7) is 69.7. The van der Waals surface area contributed by atoms with E-state index in [2.05, 4.69) is 135 Å². The summed E-state index contributed by atoms with van der Waals surface area (Å²) in [5.74, 6) is -1.51. The summed E-state index contributed by atoms with van der Waals surface area (Å²) >= 11 is 0. The van der Waals surface area contributed by atoms with Crippen molar-refractivity contribution in [2.24, 2.45) is 151 Å². The maximum absolute atomic E-state index is 14.5. The van der Waals surface area contributed by atoms with Gasteiger partial charge in [-0.25, -0.2) is 14.5 Å². The molecule has 0 aromatic carbocycles. The van der Waals surface area contributed by atoms with Gasteiger partial charge in [-0.1, -0.05) is 180 Å². The summed E-state index contributed by atoms with van der Waals surface area (Å²) in [7, 11) is 0. The van der Waals surface area contributed by atoms with E-state index in [9.17, 15) is 56.8 Å². The molecule has 15 rings (SSSR count). The lowest BCUT2D eigenvalue weighted by Gasteiger charge is -2.69. The van der Waals surface area contributed by atoms with Gasteiger partial charge >= 0.3 is 6.18 Å². The second kappa shape index (κ2) is 26.3. The number of amides is 2. The third-order valence-electron chi connectivity index (χ3n) is 37.4. The predicted molar refractivity (Wildman–Crippen MR) is 433 cm³/mol. The van der Waals surface area contributed by atoms with E-state index in [4.69, 9.17) is 19.7 Å². The number of allylic oxidation sites excluding steroid dienone is 12. The zero-order valence-corrected chi connectivity index (χ0v) is 72.6. The van der Waals surface area contributed by atoms with Crippen LogP contribution in [0.25, 0.3) is 14.5 Å². The Morgan fingerprint density at radius 3 is 1.02 bits per heavy atom. The Morgan fingerprint density at radius 1 is 0.430 bits per heavy atom. The van der Waals surface area contributed by atoms with E-state index in [-0.39, 0.29) is 143 Å². The second-order valence-corrected chi connectivity index (χ2v) is 45.4. The van der Waals surface area contributed by atoms with Crippen LogP contribution in [0.5, 0.6) is 0 Å². The fourth-order valence-electron chi connectivity index (χ4n) is 30.5. The van der Waals surface area contributed by atoms with E-state index in [0.29, 0.717) is 38.6 Å². The molecule has 0 spiro atoms. The van der Waals surface area contributed by atoms with Gasteiger partial charge in [-0.3, -0.25) is 24.0 Å². The highest BCUT2D eigenvalue weighted by Gasteiger charge is 2.75. The summed E-state index contributed by atoms with van der Waals surface area (Å²) in [6.07, 6.45) is 23.7. The molecule has 2 amide bonds. The molecule has 15 aliphatic rings. The van der Waals surface area contributed by atoms with Crippen LogP contribution < -0.4 is 10.6 Å². The SMILES string of the molecule is [C-]#[N+]C1=C[C@]2(C)C3=CC(=O)[C@@H]4[C@@H]5CC(C)(C)CC[C@]5(C#N)CC[C@@]4(C)[C@]3(C)CC[C@H]2C(C)(C)C1=O.[C-]#[N+]C1=C[C@]2(C)C3=CC(=O)[C@@H]4[C@@H]5CC(C)(C)CC[C@]5(C(=O)NCC(F)(F)F)CC[C@@]4(C)[C@]3(C)CC[C@H]2C(C)(C)C1=O.[C-]#[N+]C1=C[C@]2(C)C3=CC(=O)[C@@H]4[C@@H]5CC(C)(C)CC[C@]5(C(=O)NCC)CC[C@@]4(C)[C@]3(C)CC[C@H]2C(C)(C)C1=O. The van der Waals surface area contributed by atoms with Crippen LogP contribution in [0.15, 0.2) is 70.3 Å².